The zero-order valence-corrected chi connectivity index (χ0v) is 15.4. The molecule has 1 fully saturated rings. The molecule has 0 aliphatic heterocycles. The van der Waals surface area contributed by atoms with Crippen LogP contribution in [0.5, 0.6) is 5.75 Å². The van der Waals surface area contributed by atoms with Crippen molar-refractivity contribution >= 4 is 23.2 Å². The van der Waals surface area contributed by atoms with Gasteiger partial charge in [0.05, 0.1) is 16.4 Å². The van der Waals surface area contributed by atoms with Crippen molar-refractivity contribution in [3.8, 4) is 5.75 Å². The number of phenolic OH excluding ortho intramolecular Hbond substituents is 1. The van der Waals surface area contributed by atoms with Crippen LogP contribution >= 0.6 is 0 Å². The maximum absolute atomic E-state index is 13.2. The number of phenols is 1. The average Bonchev–Trinajstić information content (AvgIpc) is 2.64. The molecule has 11 nitrogen and oxygen atoms in total. The molecular weight excluding hydrogens is 400 g/mol. The summed E-state index contributed by atoms with van der Waals surface area (Å²) in [6.07, 6.45) is -2.07. The van der Waals surface area contributed by atoms with Crippen molar-refractivity contribution in [3.05, 3.63) is 44.7 Å². The Kier molecular flexibility index (Phi) is 4.22. The molecule has 5 unspecified atom stereocenters. The average molecular weight is 418 g/mol. The second-order valence-electron chi connectivity index (χ2n) is 8.00. The predicted octanol–water partition coefficient (Wildman–Crippen LogP) is -0.346. The fourth-order valence-electron chi connectivity index (χ4n) is 5.18. The topological polar surface area (TPSA) is 201 Å². The van der Waals surface area contributed by atoms with E-state index in [-0.39, 0.29) is 24.8 Å². The summed E-state index contributed by atoms with van der Waals surface area (Å²) in [5.74, 6) is -7.62. The highest BCUT2D eigenvalue weighted by atomic mass is 16.6. The number of aromatic hydroxyl groups is 1. The van der Waals surface area contributed by atoms with Gasteiger partial charge in [-0.05, 0) is 24.3 Å². The van der Waals surface area contributed by atoms with Crippen LogP contribution in [0.3, 0.4) is 0 Å². The standard InChI is InChI=1S/C19H18N2O9/c20-18(27)13-10(22)5-8-4-7-3-6-1-2-9(21(29)30)14(23)11(6)15(24)12(7)16(25)19(8,28)17(13)26/h1-2,7-8,12,16,23,25-26,28H,3-5H2,(H2,20,27). The van der Waals surface area contributed by atoms with Gasteiger partial charge in [-0.1, -0.05) is 6.07 Å². The summed E-state index contributed by atoms with van der Waals surface area (Å²) < 4.78 is 0. The van der Waals surface area contributed by atoms with Crippen molar-refractivity contribution in [2.24, 2.45) is 23.5 Å². The van der Waals surface area contributed by atoms with Gasteiger partial charge in [-0.15, -0.1) is 0 Å². The molecule has 0 aromatic heterocycles. The van der Waals surface area contributed by atoms with Crippen LogP contribution in [0.2, 0.25) is 0 Å². The molecule has 1 aromatic rings. The van der Waals surface area contributed by atoms with Crippen LogP contribution in [0.4, 0.5) is 5.69 Å². The highest BCUT2D eigenvalue weighted by Crippen LogP contribution is 2.53. The summed E-state index contributed by atoms with van der Waals surface area (Å²) in [5, 5.41) is 53.9. The maximum Gasteiger partial charge on any atom is 0.311 e. The zero-order valence-electron chi connectivity index (χ0n) is 15.4. The summed E-state index contributed by atoms with van der Waals surface area (Å²) in [5.41, 5.74) is 1.18. The lowest BCUT2D eigenvalue weighted by Gasteiger charge is -2.52. The Balaban J connectivity index is 1.84. The number of benzene rings is 1. The molecule has 0 spiro atoms. The Morgan fingerprint density at radius 2 is 1.90 bits per heavy atom. The number of amides is 1. The fourth-order valence-corrected chi connectivity index (χ4v) is 5.18. The molecule has 1 saturated carbocycles. The molecule has 6 N–H and O–H groups in total. The fraction of sp³-hybridized carbons (Fsp3) is 0.421. The summed E-state index contributed by atoms with van der Waals surface area (Å²) in [7, 11) is 0. The molecule has 4 rings (SSSR count). The monoisotopic (exact) mass is 418 g/mol. The first-order chi connectivity index (χ1) is 14.0. The SMILES string of the molecule is NC(=O)C1=C(O)C2(O)C(CC1=O)CC1Cc3ccc([N+](=O)[O-])c(O)c3C(=O)C1C2O. The lowest BCUT2D eigenvalue weighted by atomic mass is 9.55. The van der Waals surface area contributed by atoms with Crippen LogP contribution in [-0.4, -0.2) is 54.5 Å². The number of ketones is 2. The molecule has 3 aliphatic rings. The van der Waals surface area contributed by atoms with E-state index in [2.05, 4.69) is 0 Å². The number of nitrogens with zero attached hydrogens (tertiary/aromatic N) is 1. The minimum atomic E-state index is -2.47. The van der Waals surface area contributed by atoms with Gasteiger partial charge in [-0.2, -0.15) is 0 Å². The van der Waals surface area contributed by atoms with Crippen LogP contribution < -0.4 is 5.73 Å². The van der Waals surface area contributed by atoms with E-state index in [1.165, 1.54) is 6.07 Å². The number of carbonyl (C=O) groups excluding carboxylic acids is 3. The molecule has 0 saturated heterocycles. The van der Waals surface area contributed by atoms with Crippen molar-refractivity contribution in [2.45, 2.75) is 31.0 Å². The number of rotatable bonds is 2. The first-order valence-corrected chi connectivity index (χ1v) is 9.20. The van der Waals surface area contributed by atoms with E-state index in [0.29, 0.717) is 5.56 Å². The van der Waals surface area contributed by atoms with Crippen LogP contribution in [0, 0.1) is 27.9 Å². The van der Waals surface area contributed by atoms with Gasteiger partial charge < -0.3 is 26.2 Å². The van der Waals surface area contributed by atoms with Crippen molar-refractivity contribution in [2.75, 3.05) is 0 Å². The number of hydrogen-bond donors (Lipinski definition) is 5. The van der Waals surface area contributed by atoms with Gasteiger partial charge in [0.25, 0.3) is 5.91 Å². The largest absolute Gasteiger partial charge is 0.508 e. The minimum absolute atomic E-state index is 0.0585. The van der Waals surface area contributed by atoms with Crippen LogP contribution in [0.15, 0.2) is 23.5 Å². The Bertz CT molecular complexity index is 1060. The number of nitrogens with two attached hydrogens (primary N) is 1. The van der Waals surface area contributed by atoms with Crippen LogP contribution in [0.1, 0.15) is 28.8 Å². The first-order valence-electron chi connectivity index (χ1n) is 9.20. The number of carbonyl (C=O) groups is 3. The highest BCUT2D eigenvalue weighted by molar-refractivity contribution is 6.20. The van der Waals surface area contributed by atoms with Crippen molar-refractivity contribution in [3.63, 3.8) is 0 Å². The predicted molar refractivity (Wildman–Crippen MR) is 97.3 cm³/mol. The molecule has 0 heterocycles. The normalized spacial score (nSPS) is 32.9. The summed E-state index contributed by atoms with van der Waals surface area (Å²) in [4.78, 5) is 47.2. The Morgan fingerprint density at radius 1 is 1.23 bits per heavy atom. The van der Waals surface area contributed by atoms with E-state index in [1.54, 1.807) is 0 Å². The maximum atomic E-state index is 13.2. The molecule has 1 aromatic carbocycles. The van der Waals surface area contributed by atoms with Gasteiger partial charge in [0.2, 0.25) is 5.75 Å². The number of primary amides is 1. The van der Waals surface area contributed by atoms with Gasteiger partial charge in [-0.25, -0.2) is 0 Å². The molecule has 11 heteroatoms. The van der Waals surface area contributed by atoms with Gasteiger partial charge in [-0.3, -0.25) is 24.5 Å². The van der Waals surface area contributed by atoms with E-state index in [9.17, 15) is 44.9 Å². The van der Waals surface area contributed by atoms with E-state index in [4.69, 9.17) is 5.73 Å². The van der Waals surface area contributed by atoms with E-state index < -0.39 is 74.6 Å². The number of Topliss-reactive ketones (excluding diaryl/α,β-unsaturated/α-hetero) is 2. The van der Waals surface area contributed by atoms with Crippen molar-refractivity contribution in [1.82, 2.24) is 0 Å². The second kappa shape index (κ2) is 6.34. The number of aliphatic hydroxyl groups is 3. The molecule has 5 atom stereocenters. The van der Waals surface area contributed by atoms with Crippen LogP contribution in [-0.2, 0) is 16.0 Å². The summed E-state index contributed by atoms with van der Waals surface area (Å²) in [6, 6.07) is 2.43. The van der Waals surface area contributed by atoms with E-state index in [0.717, 1.165) is 6.07 Å². The Hall–Kier alpha value is -3.31. The lowest BCUT2D eigenvalue weighted by molar-refractivity contribution is -0.385. The molecule has 3 aliphatic carbocycles. The first kappa shape index (κ1) is 20.0. The number of nitro groups is 1. The van der Waals surface area contributed by atoms with Gasteiger partial charge >= 0.3 is 5.69 Å². The summed E-state index contributed by atoms with van der Waals surface area (Å²) >= 11 is 0. The number of fused-ring (bicyclic) bond motifs is 3. The second-order valence-corrected chi connectivity index (χ2v) is 8.00. The van der Waals surface area contributed by atoms with Gasteiger partial charge in [0.1, 0.15) is 17.4 Å². The van der Waals surface area contributed by atoms with Gasteiger partial charge in [0, 0.05) is 18.4 Å². The highest BCUT2D eigenvalue weighted by Gasteiger charge is 2.62. The van der Waals surface area contributed by atoms with Crippen molar-refractivity contribution < 1.29 is 39.7 Å². The van der Waals surface area contributed by atoms with Gasteiger partial charge in [0.15, 0.2) is 17.2 Å². The quantitative estimate of drug-likeness (QED) is 0.242. The minimum Gasteiger partial charge on any atom is -0.508 e. The summed E-state index contributed by atoms with van der Waals surface area (Å²) in [6.45, 7) is 0. The smallest absolute Gasteiger partial charge is 0.311 e. The van der Waals surface area contributed by atoms with E-state index >= 15 is 0 Å². The molecule has 158 valence electrons. The Labute approximate surface area is 168 Å². The molecule has 0 radical (unpaired) electrons. The Morgan fingerprint density at radius 3 is 2.50 bits per heavy atom. The number of hydrogen-bond acceptors (Lipinski definition) is 9. The zero-order chi connectivity index (χ0) is 22.1. The number of nitro benzene ring substituents is 1. The molecule has 0 bridgehead atoms. The lowest BCUT2D eigenvalue weighted by Crippen LogP contribution is -2.64. The third-order valence-electron chi connectivity index (χ3n) is 6.55. The molecule has 1 amide bonds. The van der Waals surface area contributed by atoms with Crippen LogP contribution in [0.25, 0.3) is 0 Å². The van der Waals surface area contributed by atoms with E-state index in [1.807, 2.05) is 0 Å². The third-order valence-corrected chi connectivity index (χ3v) is 6.55. The number of aliphatic hydroxyl groups excluding tert-OH is 2. The third kappa shape index (κ3) is 2.42. The molecule has 30 heavy (non-hydrogen) atoms. The van der Waals surface area contributed by atoms with Crippen molar-refractivity contribution in [1.29, 1.82) is 0 Å². The molecular formula is C19H18N2O9.